The zero-order valence-corrected chi connectivity index (χ0v) is 38.8. The lowest BCUT2D eigenvalue weighted by molar-refractivity contribution is -0.870. The topological polar surface area (TPSA) is 91.3 Å². The molecule has 2 unspecified atom stereocenters. The first-order valence-electron chi connectivity index (χ1n) is 22.6. The summed E-state index contributed by atoms with van der Waals surface area (Å²) in [6, 6.07) is 0. The van der Waals surface area contributed by atoms with Crippen LogP contribution in [0.15, 0.2) is 109 Å². The van der Waals surface area contributed by atoms with Crippen molar-refractivity contribution in [1.82, 2.24) is 0 Å². The second-order valence-electron chi connectivity index (χ2n) is 15.7. The summed E-state index contributed by atoms with van der Waals surface area (Å²) >= 11 is 0. The molecule has 8 nitrogen and oxygen atoms in total. The fourth-order valence-electron chi connectivity index (χ4n) is 5.44. The molecule has 336 valence electrons. The Labute approximate surface area is 361 Å². The zero-order chi connectivity index (χ0) is 43.4. The van der Waals surface area contributed by atoms with Crippen molar-refractivity contribution in [1.29, 1.82) is 0 Å². The number of hydrogen-bond acceptors (Lipinski definition) is 6. The van der Waals surface area contributed by atoms with E-state index in [1.165, 1.54) is 44.9 Å². The van der Waals surface area contributed by atoms with Crippen LogP contribution in [-0.2, 0) is 27.9 Å². The molecular weight excluding hydrogens is 758 g/mol. The Balaban J connectivity index is 4.33. The third-order valence-electron chi connectivity index (χ3n) is 8.86. The number of quaternary nitrogens is 1. The quantitative estimate of drug-likeness (QED) is 0.0216. The van der Waals surface area contributed by atoms with E-state index >= 15 is 0 Å². The molecule has 0 aromatic heterocycles. The highest BCUT2D eigenvalue weighted by molar-refractivity contribution is 7.47. The monoisotopic (exact) mass is 843 g/mol. The van der Waals surface area contributed by atoms with E-state index in [1.54, 1.807) is 6.08 Å². The van der Waals surface area contributed by atoms with Gasteiger partial charge in [0.15, 0.2) is 0 Å². The molecule has 59 heavy (non-hydrogen) atoms. The predicted molar refractivity (Wildman–Crippen MR) is 251 cm³/mol. The Morgan fingerprint density at radius 1 is 0.525 bits per heavy atom. The standard InChI is InChI=1S/C50H84NO7P/c1-6-8-10-12-14-16-18-20-22-23-24-25-26-27-28-30-32-34-36-38-40-42-45-55-47-49(48-57-59(53,54)56-46-44-51(3,4)5)58-50(52)43-41-39-37-35-33-31-29-21-19-17-15-13-11-9-7-2/h8-11,14-17,20-22,24-25,29,33,35,39,41,49H,6-7,12-13,18-19,23,26-28,30-32,34,36-38,40,42-48H2,1-5H3/p+1/b10-8-,11-9-,16-14-,17-15-,22-20-,25-24-,29-21-,35-33-,41-39-. The average molecular weight is 843 g/mol. The van der Waals surface area contributed by atoms with Crippen molar-refractivity contribution in [2.24, 2.45) is 0 Å². The van der Waals surface area contributed by atoms with Crippen LogP contribution in [0.3, 0.4) is 0 Å². The molecular formula is C50H85NO7P+. The van der Waals surface area contributed by atoms with E-state index in [4.69, 9.17) is 18.5 Å². The van der Waals surface area contributed by atoms with Gasteiger partial charge in [-0.3, -0.25) is 13.8 Å². The highest BCUT2D eigenvalue weighted by atomic mass is 31.2. The maximum atomic E-state index is 12.6. The van der Waals surface area contributed by atoms with Crippen LogP contribution < -0.4 is 0 Å². The minimum atomic E-state index is -4.31. The highest BCUT2D eigenvalue weighted by Crippen LogP contribution is 2.43. The molecule has 0 spiro atoms. The number of esters is 1. The molecule has 0 aliphatic rings. The Kier molecular flexibility index (Phi) is 39.9. The van der Waals surface area contributed by atoms with Gasteiger partial charge in [-0.15, -0.1) is 0 Å². The number of carbonyl (C=O) groups excluding carboxylic acids is 1. The Morgan fingerprint density at radius 2 is 0.932 bits per heavy atom. The van der Waals surface area contributed by atoms with E-state index in [-0.39, 0.29) is 26.2 Å². The van der Waals surface area contributed by atoms with Crippen molar-refractivity contribution >= 4 is 13.8 Å². The van der Waals surface area contributed by atoms with E-state index < -0.39 is 19.9 Å². The first kappa shape index (κ1) is 56.2. The molecule has 1 N–H and O–H groups in total. The molecule has 2 atom stereocenters. The Bertz CT molecular complexity index is 1300. The van der Waals surface area contributed by atoms with Crippen molar-refractivity contribution in [2.75, 3.05) is 54.1 Å². The van der Waals surface area contributed by atoms with E-state index in [2.05, 4.69) is 111 Å². The smallest absolute Gasteiger partial charge is 0.457 e. The van der Waals surface area contributed by atoms with E-state index in [0.29, 0.717) is 24.1 Å². The van der Waals surface area contributed by atoms with Crippen LogP contribution in [0.4, 0.5) is 0 Å². The lowest BCUT2D eigenvalue weighted by Crippen LogP contribution is -2.37. The van der Waals surface area contributed by atoms with Crippen molar-refractivity contribution in [3.8, 4) is 0 Å². The normalized spacial score (nSPS) is 14.7. The zero-order valence-electron chi connectivity index (χ0n) is 37.9. The molecule has 0 heterocycles. The summed E-state index contributed by atoms with van der Waals surface area (Å²) in [5, 5.41) is 0. The third kappa shape index (κ3) is 46.1. The molecule has 9 heteroatoms. The molecule has 0 bridgehead atoms. The second kappa shape index (κ2) is 41.9. The summed E-state index contributed by atoms with van der Waals surface area (Å²) in [7, 11) is 1.59. The van der Waals surface area contributed by atoms with Gasteiger partial charge >= 0.3 is 13.8 Å². The minimum Gasteiger partial charge on any atom is -0.457 e. The number of ether oxygens (including phenoxy) is 2. The van der Waals surface area contributed by atoms with Crippen molar-refractivity contribution in [3.63, 3.8) is 0 Å². The van der Waals surface area contributed by atoms with Gasteiger partial charge in [-0.2, -0.15) is 0 Å². The van der Waals surface area contributed by atoms with Crippen LogP contribution in [-0.4, -0.2) is 75.6 Å². The summed E-state index contributed by atoms with van der Waals surface area (Å²) in [6.45, 7) is 5.21. The van der Waals surface area contributed by atoms with Crippen LogP contribution in [0.5, 0.6) is 0 Å². The molecule has 0 aliphatic heterocycles. The van der Waals surface area contributed by atoms with Crippen LogP contribution >= 0.6 is 7.82 Å². The number of phosphoric ester groups is 1. The number of carbonyl (C=O) groups is 1. The molecule has 0 saturated heterocycles. The van der Waals surface area contributed by atoms with Gasteiger partial charge in [0, 0.05) is 6.61 Å². The average Bonchev–Trinajstić information content (AvgIpc) is 3.19. The molecule has 0 saturated carbocycles. The maximum absolute atomic E-state index is 12.6. The predicted octanol–water partition coefficient (Wildman–Crippen LogP) is 13.6. The summed E-state index contributed by atoms with van der Waals surface area (Å²) in [5.41, 5.74) is 0. The van der Waals surface area contributed by atoms with Gasteiger partial charge in [-0.25, -0.2) is 4.57 Å². The molecule has 0 aromatic carbocycles. The number of likely N-dealkylation sites (N-methyl/N-ethyl adjacent to an activating group) is 1. The van der Waals surface area contributed by atoms with E-state index in [9.17, 15) is 14.3 Å². The summed E-state index contributed by atoms with van der Waals surface area (Å²) in [4.78, 5) is 22.8. The van der Waals surface area contributed by atoms with E-state index in [0.717, 1.165) is 70.6 Å². The van der Waals surface area contributed by atoms with Crippen LogP contribution in [0.1, 0.15) is 142 Å². The summed E-state index contributed by atoms with van der Waals surface area (Å²) < 4.78 is 34.9. The summed E-state index contributed by atoms with van der Waals surface area (Å²) in [5.74, 6) is -0.447. The largest absolute Gasteiger partial charge is 0.472 e. The van der Waals surface area contributed by atoms with Gasteiger partial charge in [0.1, 0.15) is 19.3 Å². The minimum absolute atomic E-state index is 0.0645. The third-order valence-corrected chi connectivity index (χ3v) is 9.85. The summed E-state index contributed by atoms with van der Waals surface area (Å²) in [6.07, 6.45) is 58.8. The lowest BCUT2D eigenvalue weighted by Gasteiger charge is -2.24. The van der Waals surface area contributed by atoms with Gasteiger partial charge in [0.25, 0.3) is 0 Å². The number of phosphoric acid groups is 1. The first-order valence-corrected chi connectivity index (χ1v) is 24.1. The number of hydrogen-bond donors (Lipinski definition) is 1. The van der Waals surface area contributed by atoms with Gasteiger partial charge in [-0.1, -0.05) is 168 Å². The molecule has 0 fully saturated rings. The first-order chi connectivity index (χ1) is 28.6. The molecule has 0 aromatic rings. The number of unbranched alkanes of at least 4 members (excludes halogenated alkanes) is 9. The van der Waals surface area contributed by atoms with Crippen molar-refractivity contribution in [2.45, 2.75) is 148 Å². The molecule has 0 amide bonds. The Hall–Kier alpha value is -2.84. The second-order valence-corrected chi connectivity index (χ2v) is 17.1. The van der Waals surface area contributed by atoms with Gasteiger partial charge in [-0.05, 0) is 77.0 Å². The SMILES string of the molecule is CC/C=C\C/C=C\C/C=C\C/C=C\C/C=C\CC(=O)OC(COCCCCCCCCCCC/C=C\C/C=C\C/C=C\C/C=C\CC)COP(=O)(O)OCC[N+](C)(C)C. The number of allylic oxidation sites excluding steroid dienone is 17. The highest BCUT2D eigenvalue weighted by Gasteiger charge is 2.26. The van der Waals surface area contributed by atoms with Crippen LogP contribution in [0.2, 0.25) is 0 Å². The van der Waals surface area contributed by atoms with Gasteiger partial charge in [0.2, 0.25) is 0 Å². The van der Waals surface area contributed by atoms with Crippen molar-refractivity contribution < 1.29 is 37.3 Å². The number of nitrogens with zero attached hydrogens (tertiary/aromatic N) is 1. The molecule has 0 rings (SSSR count). The fourth-order valence-corrected chi connectivity index (χ4v) is 6.18. The van der Waals surface area contributed by atoms with Crippen LogP contribution in [0, 0.1) is 0 Å². The van der Waals surface area contributed by atoms with Gasteiger partial charge in [0.05, 0.1) is 40.8 Å². The molecule has 0 radical (unpaired) electrons. The fraction of sp³-hybridized carbons (Fsp3) is 0.620. The maximum Gasteiger partial charge on any atom is 0.472 e. The molecule has 0 aliphatic carbocycles. The lowest BCUT2D eigenvalue weighted by atomic mass is 10.1. The van der Waals surface area contributed by atoms with Crippen LogP contribution in [0.25, 0.3) is 0 Å². The number of rotatable bonds is 40. The van der Waals surface area contributed by atoms with Gasteiger partial charge < -0.3 is 18.9 Å². The van der Waals surface area contributed by atoms with Crippen molar-refractivity contribution in [3.05, 3.63) is 109 Å². The Morgan fingerprint density at radius 3 is 1.39 bits per heavy atom. The van der Waals surface area contributed by atoms with E-state index in [1.807, 2.05) is 27.2 Å².